The van der Waals surface area contributed by atoms with E-state index in [9.17, 15) is 14.7 Å². The zero-order valence-electron chi connectivity index (χ0n) is 19.9. The van der Waals surface area contributed by atoms with Gasteiger partial charge in [0.05, 0.1) is 19.8 Å². The number of nitrogens with two attached hydrogens (primary N) is 2. The molecule has 0 saturated carbocycles. The van der Waals surface area contributed by atoms with Gasteiger partial charge >= 0.3 is 0 Å². The molecule has 0 heterocycles. The highest BCUT2D eigenvalue weighted by Gasteiger charge is 2.25. The molecule has 184 valence electrons. The molecule has 9 heteroatoms. The Morgan fingerprint density at radius 3 is 2.42 bits per heavy atom. The van der Waals surface area contributed by atoms with E-state index in [1.54, 1.807) is 14.2 Å². The fraction of sp³-hybridized carbons (Fsp3) is 0.583. The van der Waals surface area contributed by atoms with Gasteiger partial charge in [0.1, 0.15) is 11.4 Å². The number of anilines is 2. The number of ether oxygens (including phenoxy) is 3. The summed E-state index contributed by atoms with van der Waals surface area (Å²) in [5.74, 6) is 1.90. The smallest absolute Gasteiger partial charge is 0.253 e. The number of aliphatic hydroxyl groups excluding tert-OH is 1. The minimum atomic E-state index is -0.898. The third-order valence-corrected chi connectivity index (χ3v) is 5.92. The molecule has 0 aromatic heterocycles. The van der Waals surface area contributed by atoms with Crippen LogP contribution < -0.4 is 37.1 Å². The van der Waals surface area contributed by atoms with E-state index in [1.165, 1.54) is 0 Å². The largest absolute Gasteiger partial charge is 0.493 e. The average Bonchev–Trinajstić information content (AvgIpc) is 2.80. The van der Waals surface area contributed by atoms with Gasteiger partial charge in [0.25, 0.3) is 10.9 Å². The molecule has 2 aromatic carbocycles. The highest BCUT2D eigenvalue weighted by Crippen LogP contribution is 2.31. The summed E-state index contributed by atoms with van der Waals surface area (Å²) in [7, 11) is 3.27. The van der Waals surface area contributed by atoms with Crippen LogP contribution in [0, 0.1) is 11.8 Å². The first-order valence-corrected chi connectivity index (χ1v) is 11.2. The summed E-state index contributed by atoms with van der Waals surface area (Å²) in [5, 5.41) is 13.2. The van der Waals surface area contributed by atoms with Crippen LogP contribution in [0.2, 0.25) is 0 Å². The highest BCUT2D eigenvalue weighted by atomic mass is 16.5. The Kier molecular flexibility index (Phi) is 10.1. The molecule has 2 aromatic rings. The number of aliphatic hydroxyl groups is 1. The maximum atomic E-state index is 11.5. The van der Waals surface area contributed by atoms with Crippen LogP contribution >= 0.6 is 0 Å². The van der Waals surface area contributed by atoms with Gasteiger partial charge in [0.2, 0.25) is 0 Å². The first-order chi connectivity index (χ1) is 15.7. The van der Waals surface area contributed by atoms with Gasteiger partial charge in [-0.3, -0.25) is 9.59 Å². The van der Waals surface area contributed by atoms with E-state index in [0.29, 0.717) is 37.1 Å². The Bertz CT molecular complexity index is 954. The third kappa shape index (κ3) is 7.18. The molecule has 0 amide bonds. The highest BCUT2D eigenvalue weighted by molar-refractivity contribution is 5.71. The van der Waals surface area contributed by atoms with Crippen LogP contribution in [-0.4, -0.2) is 51.2 Å². The maximum Gasteiger partial charge on any atom is 0.253 e. The van der Waals surface area contributed by atoms with Crippen molar-refractivity contribution in [3.63, 3.8) is 0 Å². The maximum absolute atomic E-state index is 11.5. The van der Waals surface area contributed by atoms with Crippen LogP contribution in [0.3, 0.4) is 0 Å². The van der Waals surface area contributed by atoms with Gasteiger partial charge in [0, 0.05) is 32.7 Å². The molecule has 3 atom stereocenters. The summed E-state index contributed by atoms with van der Waals surface area (Å²) in [4.78, 5) is 22.7. The van der Waals surface area contributed by atoms with Gasteiger partial charge in [0.15, 0.2) is 11.5 Å². The molecule has 6 N–H and O–H groups in total. The lowest BCUT2D eigenvalue weighted by Gasteiger charge is -2.28. The molecule has 0 aliphatic heterocycles. The van der Waals surface area contributed by atoms with Crippen molar-refractivity contribution in [2.75, 3.05) is 45.0 Å². The quantitative estimate of drug-likeness (QED) is 0.227. The Morgan fingerprint density at radius 1 is 1.09 bits per heavy atom. The lowest BCUT2D eigenvalue weighted by atomic mass is 9.83. The number of hydrogen-bond acceptors (Lipinski definition) is 9. The summed E-state index contributed by atoms with van der Waals surface area (Å²) in [6.45, 7) is 5.44. The molecule has 0 bridgehead atoms. The van der Waals surface area contributed by atoms with Gasteiger partial charge in [-0.25, -0.2) is 0 Å². The molecule has 2 rings (SSSR count). The van der Waals surface area contributed by atoms with E-state index < -0.39 is 23.0 Å². The van der Waals surface area contributed by atoms with E-state index in [2.05, 4.69) is 19.2 Å². The van der Waals surface area contributed by atoms with Crippen molar-refractivity contribution in [1.82, 2.24) is 0 Å². The van der Waals surface area contributed by atoms with E-state index in [1.807, 2.05) is 18.2 Å². The standard InChI is InChI=1S/C24H37N3O6/c1-14(2)16(12-17(25)18(28)13-27-22-21(26)23(29)24(22)30)10-15-6-7-19(32-4)20(11-15)33-9-5-8-31-3/h6-7,11,14,16-18,27-28H,5,8-10,12-13,25-26H2,1-4H3/t16-,17-,18-/m0/s1. The molecule has 0 spiro atoms. The summed E-state index contributed by atoms with van der Waals surface area (Å²) >= 11 is 0. The van der Waals surface area contributed by atoms with E-state index in [0.717, 1.165) is 18.4 Å². The van der Waals surface area contributed by atoms with Crippen LogP contribution in [-0.2, 0) is 11.2 Å². The second kappa shape index (κ2) is 12.6. The fourth-order valence-corrected chi connectivity index (χ4v) is 3.69. The lowest BCUT2D eigenvalue weighted by molar-refractivity contribution is 0.137. The summed E-state index contributed by atoms with van der Waals surface area (Å²) in [6, 6.07) is 5.37. The minimum absolute atomic E-state index is 0.0447. The fourth-order valence-electron chi connectivity index (χ4n) is 3.69. The number of nitrogen functional groups attached to an aromatic ring is 1. The van der Waals surface area contributed by atoms with Gasteiger partial charge in [-0.1, -0.05) is 19.9 Å². The molecular formula is C24H37N3O6. The first kappa shape index (κ1) is 26.6. The second-order valence-electron chi connectivity index (χ2n) is 8.68. The molecular weight excluding hydrogens is 426 g/mol. The monoisotopic (exact) mass is 463 g/mol. The van der Waals surface area contributed by atoms with Crippen LogP contribution in [0.1, 0.15) is 32.3 Å². The minimum Gasteiger partial charge on any atom is -0.493 e. The van der Waals surface area contributed by atoms with Gasteiger partial charge in [-0.15, -0.1) is 0 Å². The van der Waals surface area contributed by atoms with Crippen molar-refractivity contribution in [3.8, 4) is 11.5 Å². The van der Waals surface area contributed by atoms with Crippen LogP contribution in [0.15, 0.2) is 27.8 Å². The molecule has 0 saturated heterocycles. The zero-order valence-corrected chi connectivity index (χ0v) is 19.9. The normalized spacial score (nSPS) is 14.3. The summed E-state index contributed by atoms with van der Waals surface area (Å²) in [6.07, 6.45) is 1.22. The number of rotatable bonds is 15. The van der Waals surface area contributed by atoms with Crippen molar-refractivity contribution in [2.45, 2.75) is 45.3 Å². The van der Waals surface area contributed by atoms with Crippen LogP contribution in [0.5, 0.6) is 11.5 Å². The van der Waals surface area contributed by atoms with Crippen LogP contribution in [0.25, 0.3) is 0 Å². The second-order valence-corrected chi connectivity index (χ2v) is 8.68. The van der Waals surface area contributed by atoms with Crippen LogP contribution in [0.4, 0.5) is 11.4 Å². The van der Waals surface area contributed by atoms with E-state index >= 15 is 0 Å². The molecule has 0 aliphatic carbocycles. The number of nitrogens with one attached hydrogen (secondary N) is 1. The number of methoxy groups -OCH3 is 2. The van der Waals surface area contributed by atoms with Gasteiger partial charge in [-0.2, -0.15) is 0 Å². The molecule has 0 unspecified atom stereocenters. The SMILES string of the molecule is COCCCOc1cc(C[C@@H](C[C@H](N)[C@@H](O)CNc2c(N)c(=O)c2=O)C(C)C)ccc1OC. The molecule has 0 fully saturated rings. The Labute approximate surface area is 194 Å². The predicted molar refractivity (Wildman–Crippen MR) is 130 cm³/mol. The first-order valence-electron chi connectivity index (χ1n) is 11.2. The predicted octanol–water partition coefficient (Wildman–Crippen LogP) is 1.29. The van der Waals surface area contributed by atoms with Gasteiger partial charge < -0.3 is 36.1 Å². The van der Waals surface area contributed by atoms with Crippen molar-refractivity contribution in [3.05, 3.63) is 44.2 Å². The van der Waals surface area contributed by atoms with E-state index in [-0.39, 0.29) is 23.8 Å². The molecule has 0 aliphatic rings. The van der Waals surface area contributed by atoms with Crippen molar-refractivity contribution in [2.24, 2.45) is 17.6 Å². The third-order valence-electron chi connectivity index (χ3n) is 5.92. The zero-order chi connectivity index (χ0) is 24.5. The Hall–Kier alpha value is -2.62. The summed E-state index contributed by atoms with van der Waals surface area (Å²) < 4.78 is 16.4. The van der Waals surface area contributed by atoms with Crippen molar-refractivity contribution >= 4 is 11.4 Å². The Balaban J connectivity index is 1.98. The van der Waals surface area contributed by atoms with Gasteiger partial charge in [-0.05, 0) is 42.4 Å². The topological polar surface area (TPSA) is 146 Å². The Morgan fingerprint density at radius 2 is 1.82 bits per heavy atom. The number of hydrogen-bond donors (Lipinski definition) is 4. The summed E-state index contributed by atoms with van der Waals surface area (Å²) in [5.41, 5.74) is 11.5. The molecule has 0 radical (unpaired) electrons. The molecule has 33 heavy (non-hydrogen) atoms. The van der Waals surface area contributed by atoms with E-state index in [4.69, 9.17) is 25.7 Å². The average molecular weight is 464 g/mol. The number of benzene rings is 1. The van der Waals surface area contributed by atoms with Crippen molar-refractivity contribution < 1.29 is 19.3 Å². The lowest BCUT2D eigenvalue weighted by Crippen LogP contribution is -2.44. The van der Waals surface area contributed by atoms with Crippen molar-refractivity contribution in [1.29, 1.82) is 0 Å². The molecule has 9 nitrogen and oxygen atoms in total.